The molecule has 7 heteroatoms. The molecule has 0 aromatic heterocycles. The highest BCUT2D eigenvalue weighted by Gasteiger charge is 2.51. The highest BCUT2D eigenvalue weighted by atomic mass is 35.5. The van der Waals surface area contributed by atoms with E-state index < -0.39 is 15.4 Å². The van der Waals surface area contributed by atoms with Gasteiger partial charge in [-0.05, 0) is 54.8 Å². The summed E-state index contributed by atoms with van der Waals surface area (Å²) in [5.74, 6) is -0.0795. The quantitative estimate of drug-likeness (QED) is 0.754. The number of sulfonamides is 1. The minimum absolute atomic E-state index is 0.0795. The van der Waals surface area contributed by atoms with Gasteiger partial charge in [-0.1, -0.05) is 37.6 Å². The van der Waals surface area contributed by atoms with Crippen molar-refractivity contribution in [1.29, 1.82) is 0 Å². The van der Waals surface area contributed by atoms with Crippen LogP contribution in [0.2, 0.25) is 5.02 Å². The maximum atomic E-state index is 12.8. The zero-order valence-electron chi connectivity index (χ0n) is 15.4. The van der Waals surface area contributed by atoms with E-state index >= 15 is 0 Å². The molecule has 5 nitrogen and oxygen atoms in total. The number of hydrogen-bond acceptors (Lipinski definition) is 3. The van der Waals surface area contributed by atoms with Crippen LogP contribution < -0.4 is 5.32 Å². The second-order valence-corrected chi connectivity index (χ2v) is 9.03. The molecule has 3 rings (SSSR count). The summed E-state index contributed by atoms with van der Waals surface area (Å²) in [4.78, 5) is 13.0. The van der Waals surface area contributed by atoms with Gasteiger partial charge in [-0.2, -0.15) is 4.31 Å². The minimum atomic E-state index is -3.50. The highest BCUT2D eigenvalue weighted by Crippen LogP contribution is 2.49. The fraction of sp³-hybridized carbons (Fsp3) is 0.350. The Morgan fingerprint density at radius 1 is 1.04 bits per heavy atom. The van der Waals surface area contributed by atoms with E-state index in [2.05, 4.69) is 5.32 Å². The van der Waals surface area contributed by atoms with Crippen LogP contribution in [0.15, 0.2) is 53.4 Å². The second kappa shape index (κ2) is 7.62. The van der Waals surface area contributed by atoms with Gasteiger partial charge in [0.25, 0.3) is 0 Å². The number of nitrogens with zero attached hydrogens (tertiary/aromatic N) is 1. The normalized spacial score (nSPS) is 15.6. The molecule has 0 unspecified atom stereocenters. The number of rotatable bonds is 7. The Hall–Kier alpha value is -1.89. The molecule has 144 valence electrons. The molecule has 1 saturated carbocycles. The van der Waals surface area contributed by atoms with E-state index in [1.165, 1.54) is 16.4 Å². The van der Waals surface area contributed by atoms with E-state index in [1.807, 2.05) is 26.0 Å². The fourth-order valence-corrected chi connectivity index (χ4v) is 4.80. The summed E-state index contributed by atoms with van der Waals surface area (Å²) in [6, 6.07) is 13.7. The summed E-state index contributed by atoms with van der Waals surface area (Å²) in [7, 11) is -3.50. The molecule has 0 atom stereocenters. The minimum Gasteiger partial charge on any atom is -0.325 e. The molecule has 0 saturated heterocycles. The van der Waals surface area contributed by atoms with Crippen LogP contribution >= 0.6 is 11.6 Å². The molecule has 2 aromatic rings. The second-order valence-electron chi connectivity index (χ2n) is 6.66. The molecule has 0 aliphatic heterocycles. The molecule has 0 bridgehead atoms. The van der Waals surface area contributed by atoms with E-state index in [-0.39, 0.29) is 10.8 Å². The third-order valence-electron chi connectivity index (χ3n) is 5.04. The van der Waals surface area contributed by atoms with Gasteiger partial charge in [0, 0.05) is 23.8 Å². The van der Waals surface area contributed by atoms with Gasteiger partial charge in [-0.15, -0.1) is 0 Å². The van der Waals surface area contributed by atoms with E-state index in [1.54, 1.807) is 24.3 Å². The Morgan fingerprint density at radius 3 is 2.07 bits per heavy atom. The van der Waals surface area contributed by atoms with Gasteiger partial charge < -0.3 is 5.32 Å². The van der Waals surface area contributed by atoms with Gasteiger partial charge in [0.05, 0.1) is 10.3 Å². The first-order valence-electron chi connectivity index (χ1n) is 9.01. The standard InChI is InChI=1S/C20H23ClN2O3S/c1-3-23(4-2)27(25,26)18-11-9-17(10-12-18)22-19(24)20(13-14-20)15-5-7-16(21)8-6-15/h5-12H,3-4,13-14H2,1-2H3,(H,22,24). The van der Waals surface area contributed by atoms with Gasteiger partial charge in [0.1, 0.15) is 0 Å². The number of anilines is 1. The average molecular weight is 407 g/mol. The SMILES string of the molecule is CCN(CC)S(=O)(=O)c1ccc(NC(=O)C2(c3ccc(Cl)cc3)CC2)cc1. The van der Waals surface area contributed by atoms with Crippen molar-refractivity contribution in [3.05, 3.63) is 59.1 Å². The Labute approximate surface area is 165 Å². The van der Waals surface area contributed by atoms with Crippen LogP contribution in [0, 0.1) is 0 Å². The zero-order valence-corrected chi connectivity index (χ0v) is 17.0. The van der Waals surface area contributed by atoms with E-state index in [4.69, 9.17) is 11.6 Å². The van der Waals surface area contributed by atoms with Crippen LogP contribution in [0.25, 0.3) is 0 Å². The first-order valence-corrected chi connectivity index (χ1v) is 10.8. The van der Waals surface area contributed by atoms with Crippen molar-refractivity contribution in [3.63, 3.8) is 0 Å². The van der Waals surface area contributed by atoms with Crippen molar-refractivity contribution in [1.82, 2.24) is 4.31 Å². The highest BCUT2D eigenvalue weighted by molar-refractivity contribution is 7.89. The molecule has 1 aliphatic carbocycles. The molecule has 0 heterocycles. The van der Waals surface area contributed by atoms with Crippen LogP contribution in [0.3, 0.4) is 0 Å². The van der Waals surface area contributed by atoms with E-state index in [0.717, 1.165) is 18.4 Å². The summed E-state index contributed by atoms with van der Waals surface area (Å²) < 4.78 is 26.5. The third-order valence-corrected chi connectivity index (χ3v) is 7.35. The van der Waals surface area contributed by atoms with Crippen LogP contribution in [-0.2, 0) is 20.2 Å². The topological polar surface area (TPSA) is 66.5 Å². The smallest absolute Gasteiger partial charge is 0.243 e. The van der Waals surface area contributed by atoms with Gasteiger partial charge >= 0.3 is 0 Å². The van der Waals surface area contributed by atoms with Crippen molar-refractivity contribution in [2.24, 2.45) is 0 Å². The van der Waals surface area contributed by atoms with Gasteiger partial charge in [0.15, 0.2) is 0 Å². The Kier molecular flexibility index (Phi) is 5.60. The first kappa shape index (κ1) is 19.9. The lowest BCUT2D eigenvalue weighted by molar-refractivity contribution is -0.118. The fourth-order valence-electron chi connectivity index (χ4n) is 3.21. The summed E-state index contributed by atoms with van der Waals surface area (Å²) in [6.07, 6.45) is 1.57. The summed E-state index contributed by atoms with van der Waals surface area (Å²) in [6.45, 7) is 4.45. The van der Waals surface area contributed by atoms with Gasteiger partial charge in [-0.3, -0.25) is 4.79 Å². The zero-order chi connectivity index (χ0) is 19.7. The summed E-state index contributed by atoms with van der Waals surface area (Å²) >= 11 is 5.93. The van der Waals surface area contributed by atoms with E-state index in [9.17, 15) is 13.2 Å². The lowest BCUT2D eigenvalue weighted by Crippen LogP contribution is -2.30. The number of benzene rings is 2. The summed E-state index contributed by atoms with van der Waals surface area (Å²) in [5, 5.41) is 3.55. The number of halogens is 1. The summed E-state index contributed by atoms with van der Waals surface area (Å²) in [5.41, 5.74) is 1.01. The predicted octanol–water partition coefficient (Wildman–Crippen LogP) is 4.04. The lowest BCUT2D eigenvalue weighted by atomic mass is 9.95. The Bertz CT molecular complexity index is 917. The molecule has 1 fully saturated rings. The molecule has 1 N–H and O–H groups in total. The molecule has 0 radical (unpaired) electrons. The van der Waals surface area contributed by atoms with Crippen molar-refractivity contribution in [2.75, 3.05) is 18.4 Å². The Balaban J connectivity index is 1.75. The number of carbonyl (C=O) groups excluding carboxylic acids is 1. The maximum absolute atomic E-state index is 12.8. The number of amides is 1. The van der Waals surface area contributed by atoms with Crippen LogP contribution in [-0.4, -0.2) is 31.7 Å². The Morgan fingerprint density at radius 2 is 1.59 bits per heavy atom. The van der Waals surface area contributed by atoms with Crippen molar-refractivity contribution >= 4 is 33.2 Å². The molecular weight excluding hydrogens is 384 g/mol. The molecule has 1 aliphatic rings. The number of carbonyl (C=O) groups is 1. The molecule has 2 aromatic carbocycles. The molecular formula is C20H23ClN2O3S. The predicted molar refractivity (Wildman–Crippen MR) is 108 cm³/mol. The average Bonchev–Trinajstić information content (AvgIpc) is 3.45. The maximum Gasteiger partial charge on any atom is 0.243 e. The molecule has 0 spiro atoms. The largest absolute Gasteiger partial charge is 0.325 e. The van der Waals surface area contributed by atoms with Gasteiger partial charge in [-0.25, -0.2) is 8.42 Å². The van der Waals surface area contributed by atoms with Crippen LogP contribution in [0.4, 0.5) is 5.69 Å². The van der Waals surface area contributed by atoms with Gasteiger partial charge in [0.2, 0.25) is 15.9 Å². The number of hydrogen-bond donors (Lipinski definition) is 1. The van der Waals surface area contributed by atoms with Crippen LogP contribution in [0.5, 0.6) is 0 Å². The molecule has 27 heavy (non-hydrogen) atoms. The van der Waals surface area contributed by atoms with Crippen molar-refractivity contribution in [3.8, 4) is 0 Å². The molecule has 1 amide bonds. The van der Waals surface area contributed by atoms with Crippen molar-refractivity contribution < 1.29 is 13.2 Å². The van der Waals surface area contributed by atoms with Crippen LogP contribution in [0.1, 0.15) is 32.3 Å². The third kappa shape index (κ3) is 3.88. The van der Waals surface area contributed by atoms with E-state index in [0.29, 0.717) is 23.8 Å². The lowest BCUT2D eigenvalue weighted by Gasteiger charge is -2.19. The monoisotopic (exact) mass is 406 g/mol. The van der Waals surface area contributed by atoms with Crippen molar-refractivity contribution in [2.45, 2.75) is 37.0 Å². The number of nitrogens with one attached hydrogen (secondary N) is 1. The first-order chi connectivity index (χ1) is 12.8.